The number of benzene rings is 2. The van der Waals surface area contributed by atoms with Gasteiger partial charge in [-0.1, -0.05) is 42.5 Å². The number of nitrogens with zero attached hydrogens (tertiary/aromatic N) is 1. The largest absolute Gasteiger partial charge is 0.273 e. The van der Waals surface area contributed by atoms with E-state index >= 15 is 0 Å². The number of carbonyl (C=O) groups is 1. The number of thioether (sulfide) groups is 1. The number of rotatable bonds is 6. The van der Waals surface area contributed by atoms with E-state index in [4.69, 9.17) is 0 Å². The van der Waals surface area contributed by atoms with E-state index in [2.05, 4.69) is 34.9 Å². The third kappa shape index (κ3) is 4.24. The average molecular weight is 343 g/mol. The lowest BCUT2D eigenvalue weighted by Gasteiger charge is -2.05. The first-order chi connectivity index (χ1) is 11.2. The molecule has 1 aromatic heterocycles. The Bertz CT molecular complexity index is 802. The van der Waals surface area contributed by atoms with Gasteiger partial charge in [0, 0.05) is 4.90 Å². The summed E-state index contributed by atoms with van der Waals surface area (Å²) in [5.41, 5.74) is 7.83. The number of fused-ring (bicyclic) bond motifs is 1. The van der Waals surface area contributed by atoms with Gasteiger partial charge in [0.2, 0.25) is 11.0 Å². The van der Waals surface area contributed by atoms with Crippen molar-refractivity contribution in [1.82, 2.24) is 10.4 Å². The molecule has 6 heteroatoms. The van der Waals surface area contributed by atoms with Crippen molar-refractivity contribution in [2.24, 2.45) is 0 Å². The van der Waals surface area contributed by atoms with E-state index in [1.54, 1.807) is 0 Å². The minimum Gasteiger partial charge on any atom is -0.273 e. The molecular formula is C17H17N3OS2. The summed E-state index contributed by atoms with van der Waals surface area (Å²) in [7, 11) is 0. The topological polar surface area (TPSA) is 54.0 Å². The molecule has 1 heterocycles. The summed E-state index contributed by atoms with van der Waals surface area (Å²) in [4.78, 5) is 17.4. The van der Waals surface area contributed by atoms with E-state index in [1.807, 2.05) is 36.4 Å². The molecule has 2 aromatic carbocycles. The highest BCUT2D eigenvalue weighted by Gasteiger charge is 2.06. The van der Waals surface area contributed by atoms with Crippen molar-refractivity contribution in [3.63, 3.8) is 0 Å². The SMILES string of the molecule is CCc1ccc2nc(NNC(=O)CSc3ccccc3)sc2c1. The van der Waals surface area contributed by atoms with Gasteiger partial charge in [0.05, 0.1) is 16.0 Å². The number of aromatic nitrogens is 1. The Balaban J connectivity index is 1.54. The van der Waals surface area contributed by atoms with Gasteiger partial charge < -0.3 is 0 Å². The van der Waals surface area contributed by atoms with Gasteiger partial charge in [-0.05, 0) is 36.2 Å². The number of amides is 1. The van der Waals surface area contributed by atoms with E-state index < -0.39 is 0 Å². The van der Waals surface area contributed by atoms with Crippen LogP contribution in [0.2, 0.25) is 0 Å². The van der Waals surface area contributed by atoms with Crippen LogP contribution in [0.3, 0.4) is 0 Å². The maximum Gasteiger partial charge on any atom is 0.248 e. The van der Waals surface area contributed by atoms with Crippen LogP contribution in [0.25, 0.3) is 10.2 Å². The lowest BCUT2D eigenvalue weighted by Crippen LogP contribution is -2.30. The molecule has 0 radical (unpaired) electrons. The number of aryl methyl sites for hydroxylation is 1. The predicted molar refractivity (Wildman–Crippen MR) is 97.9 cm³/mol. The Morgan fingerprint density at radius 1 is 1.22 bits per heavy atom. The molecule has 0 atom stereocenters. The second-order valence-corrected chi connectivity index (χ2v) is 7.03. The highest BCUT2D eigenvalue weighted by atomic mass is 32.2. The summed E-state index contributed by atoms with van der Waals surface area (Å²) < 4.78 is 1.12. The lowest BCUT2D eigenvalue weighted by atomic mass is 10.2. The Labute approximate surface area is 143 Å². The van der Waals surface area contributed by atoms with Crippen molar-refractivity contribution in [3.8, 4) is 0 Å². The maximum atomic E-state index is 11.9. The predicted octanol–water partition coefficient (Wildman–Crippen LogP) is 4.09. The quantitative estimate of drug-likeness (QED) is 0.523. The zero-order chi connectivity index (χ0) is 16.1. The zero-order valence-electron chi connectivity index (χ0n) is 12.7. The fourth-order valence-corrected chi connectivity index (χ4v) is 3.67. The molecule has 0 saturated heterocycles. The van der Waals surface area contributed by atoms with Crippen molar-refractivity contribution >= 4 is 44.4 Å². The number of hydrazine groups is 1. The average Bonchev–Trinajstić information content (AvgIpc) is 3.01. The van der Waals surface area contributed by atoms with Crippen LogP contribution >= 0.6 is 23.1 Å². The number of hydrogen-bond acceptors (Lipinski definition) is 5. The summed E-state index contributed by atoms with van der Waals surface area (Å²) in [6.07, 6.45) is 1.00. The van der Waals surface area contributed by atoms with Crippen molar-refractivity contribution < 1.29 is 4.79 Å². The molecule has 0 aliphatic rings. The summed E-state index contributed by atoms with van der Waals surface area (Å²) in [5.74, 6) is 0.286. The molecule has 0 unspecified atom stereocenters. The van der Waals surface area contributed by atoms with Crippen LogP contribution in [-0.2, 0) is 11.2 Å². The molecule has 2 N–H and O–H groups in total. The maximum absolute atomic E-state index is 11.9. The summed E-state index contributed by atoms with van der Waals surface area (Å²) in [5, 5.41) is 0.700. The Kier molecular flexibility index (Phi) is 5.15. The standard InChI is InChI=1S/C17H17N3OS2/c1-2-12-8-9-14-15(10-12)23-17(18-14)20-19-16(21)11-22-13-6-4-3-5-7-13/h3-10H,2,11H2,1H3,(H,18,20)(H,19,21). The minimum absolute atomic E-state index is 0.0765. The van der Waals surface area contributed by atoms with Gasteiger partial charge in [0.1, 0.15) is 0 Å². The van der Waals surface area contributed by atoms with E-state index in [1.165, 1.54) is 28.7 Å². The van der Waals surface area contributed by atoms with Crippen molar-refractivity contribution in [3.05, 3.63) is 54.1 Å². The highest BCUT2D eigenvalue weighted by molar-refractivity contribution is 8.00. The molecule has 23 heavy (non-hydrogen) atoms. The molecular weight excluding hydrogens is 326 g/mol. The third-order valence-electron chi connectivity index (χ3n) is 3.28. The van der Waals surface area contributed by atoms with Crippen LogP contribution < -0.4 is 10.9 Å². The van der Waals surface area contributed by atoms with Gasteiger partial charge in [-0.15, -0.1) is 11.8 Å². The third-order valence-corrected chi connectivity index (χ3v) is 5.23. The molecule has 0 fully saturated rings. The van der Waals surface area contributed by atoms with E-state index in [0.717, 1.165) is 21.5 Å². The Hall–Kier alpha value is -2.05. The summed E-state index contributed by atoms with van der Waals surface area (Å²) in [6, 6.07) is 16.1. The molecule has 0 spiro atoms. The van der Waals surface area contributed by atoms with Crippen LogP contribution in [0.4, 0.5) is 5.13 Å². The van der Waals surface area contributed by atoms with Crippen molar-refractivity contribution in [2.45, 2.75) is 18.2 Å². The summed E-state index contributed by atoms with van der Waals surface area (Å²) >= 11 is 3.04. The number of hydrogen-bond donors (Lipinski definition) is 2. The van der Waals surface area contributed by atoms with E-state index in [9.17, 15) is 4.79 Å². The van der Waals surface area contributed by atoms with Crippen LogP contribution in [0.1, 0.15) is 12.5 Å². The molecule has 0 bridgehead atoms. The van der Waals surface area contributed by atoms with E-state index in [0.29, 0.717) is 10.9 Å². The Morgan fingerprint density at radius 2 is 2.04 bits per heavy atom. The number of carbonyl (C=O) groups excluding carboxylic acids is 1. The molecule has 0 saturated carbocycles. The second-order valence-electron chi connectivity index (χ2n) is 4.95. The molecule has 3 aromatic rings. The van der Waals surface area contributed by atoms with Gasteiger partial charge in [-0.2, -0.15) is 0 Å². The fraction of sp³-hybridized carbons (Fsp3) is 0.176. The smallest absolute Gasteiger partial charge is 0.248 e. The van der Waals surface area contributed by atoms with Gasteiger partial charge in [0.15, 0.2) is 0 Å². The number of thiazole rings is 1. The minimum atomic E-state index is -0.0765. The summed E-state index contributed by atoms with van der Waals surface area (Å²) in [6.45, 7) is 2.13. The van der Waals surface area contributed by atoms with Gasteiger partial charge in [-0.25, -0.2) is 4.98 Å². The van der Waals surface area contributed by atoms with Gasteiger partial charge in [-0.3, -0.25) is 15.6 Å². The first-order valence-electron chi connectivity index (χ1n) is 7.37. The van der Waals surface area contributed by atoms with Crippen LogP contribution in [0.5, 0.6) is 0 Å². The van der Waals surface area contributed by atoms with Crippen molar-refractivity contribution in [1.29, 1.82) is 0 Å². The van der Waals surface area contributed by atoms with Gasteiger partial charge >= 0.3 is 0 Å². The molecule has 4 nitrogen and oxygen atoms in total. The first-order valence-corrected chi connectivity index (χ1v) is 9.17. The van der Waals surface area contributed by atoms with Crippen LogP contribution in [0.15, 0.2) is 53.4 Å². The zero-order valence-corrected chi connectivity index (χ0v) is 14.3. The lowest BCUT2D eigenvalue weighted by molar-refractivity contribution is -0.118. The van der Waals surface area contributed by atoms with Gasteiger partial charge in [0.25, 0.3) is 0 Å². The molecule has 1 amide bonds. The molecule has 118 valence electrons. The fourth-order valence-electron chi connectivity index (χ4n) is 2.07. The van der Waals surface area contributed by atoms with E-state index in [-0.39, 0.29) is 5.91 Å². The number of nitrogens with one attached hydrogen (secondary N) is 2. The molecule has 0 aliphatic heterocycles. The first kappa shape index (κ1) is 15.8. The molecule has 3 rings (SSSR count). The Morgan fingerprint density at radius 3 is 2.83 bits per heavy atom. The monoisotopic (exact) mass is 343 g/mol. The molecule has 0 aliphatic carbocycles. The number of anilines is 1. The van der Waals surface area contributed by atoms with Crippen LogP contribution in [0, 0.1) is 0 Å². The van der Waals surface area contributed by atoms with Crippen molar-refractivity contribution in [2.75, 3.05) is 11.2 Å². The normalized spacial score (nSPS) is 10.7. The second kappa shape index (κ2) is 7.48. The highest BCUT2D eigenvalue weighted by Crippen LogP contribution is 2.26. The van der Waals surface area contributed by atoms with Crippen LogP contribution in [-0.4, -0.2) is 16.6 Å².